The van der Waals surface area contributed by atoms with E-state index in [4.69, 9.17) is 36.1 Å². The SMILES string of the molecule is O=S(=O)(O)c1c(F)c(F)c(F)c(F)c1F.Sc1cccc(-c2ccc(OC3CCCCO3)cc2)c1-c1ccc(OC2CCCCO2)cc1. The Labute approximate surface area is 279 Å². The number of hydrogen-bond acceptors (Lipinski definition) is 7. The lowest BCUT2D eigenvalue weighted by Gasteiger charge is -2.23. The zero-order valence-electron chi connectivity index (χ0n) is 25.3. The topological polar surface area (TPSA) is 91.3 Å². The Balaban J connectivity index is 0.000000253. The van der Waals surface area contributed by atoms with E-state index in [2.05, 4.69) is 30.3 Å². The molecule has 2 fully saturated rings. The van der Waals surface area contributed by atoms with Gasteiger partial charge in [-0.3, -0.25) is 4.55 Å². The van der Waals surface area contributed by atoms with Crippen LogP contribution in [0, 0.1) is 29.1 Å². The van der Waals surface area contributed by atoms with Crippen LogP contribution < -0.4 is 9.47 Å². The number of hydrogen-bond donors (Lipinski definition) is 2. The van der Waals surface area contributed by atoms with Crippen molar-refractivity contribution < 1.29 is 53.9 Å². The van der Waals surface area contributed by atoms with Gasteiger partial charge in [-0.15, -0.1) is 12.6 Å². The largest absolute Gasteiger partial charge is 0.465 e. The molecular formula is C34H31F5O7S2. The summed E-state index contributed by atoms with van der Waals surface area (Å²) in [6, 6.07) is 22.6. The lowest BCUT2D eigenvalue weighted by Crippen LogP contribution is -2.24. The first-order valence-electron chi connectivity index (χ1n) is 15.0. The van der Waals surface area contributed by atoms with Gasteiger partial charge in [0, 0.05) is 23.3 Å². The van der Waals surface area contributed by atoms with E-state index >= 15 is 0 Å². The van der Waals surface area contributed by atoms with Crippen molar-refractivity contribution >= 4 is 22.7 Å². The molecule has 0 amide bonds. The van der Waals surface area contributed by atoms with Crippen molar-refractivity contribution in [1.82, 2.24) is 0 Å². The number of benzene rings is 4. The zero-order valence-corrected chi connectivity index (χ0v) is 27.0. The minimum Gasteiger partial charge on any atom is -0.465 e. The minimum atomic E-state index is -5.52. The van der Waals surface area contributed by atoms with Gasteiger partial charge in [0.05, 0.1) is 13.2 Å². The third kappa shape index (κ3) is 8.47. The summed E-state index contributed by atoms with van der Waals surface area (Å²) in [7, 11) is -5.52. The maximum atomic E-state index is 12.6. The van der Waals surface area contributed by atoms with Gasteiger partial charge >= 0.3 is 10.1 Å². The van der Waals surface area contributed by atoms with E-state index in [0.717, 1.165) is 90.4 Å². The van der Waals surface area contributed by atoms with Crippen LogP contribution in [-0.2, 0) is 19.6 Å². The monoisotopic (exact) mass is 710 g/mol. The van der Waals surface area contributed by atoms with Crippen LogP contribution in [-0.4, -0.2) is 38.8 Å². The van der Waals surface area contributed by atoms with Crippen LogP contribution in [0.3, 0.4) is 0 Å². The fourth-order valence-corrected chi connectivity index (χ4v) is 6.19. The summed E-state index contributed by atoms with van der Waals surface area (Å²) < 4.78 is 115. The van der Waals surface area contributed by atoms with Crippen molar-refractivity contribution in [3.8, 4) is 33.8 Å². The van der Waals surface area contributed by atoms with E-state index in [9.17, 15) is 30.4 Å². The Morgan fingerprint density at radius 1 is 0.646 bits per heavy atom. The fraction of sp³-hybridized carbons (Fsp3) is 0.294. The summed E-state index contributed by atoms with van der Waals surface area (Å²) in [6.07, 6.45) is 6.13. The molecule has 0 spiro atoms. The number of thiol groups is 1. The van der Waals surface area contributed by atoms with Crippen LogP contribution in [0.1, 0.15) is 38.5 Å². The molecule has 1 N–H and O–H groups in total. The molecule has 0 aliphatic carbocycles. The average molecular weight is 711 g/mol. The molecule has 2 aliphatic rings. The van der Waals surface area contributed by atoms with Gasteiger partial charge in [0.2, 0.25) is 5.82 Å². The molecule has 0 saturated carbocycles. The maximum Gasteiger partial charge on any atom is 0.300 e. The van der Waals surface area contributed by atoms with E-state index in [1.54, 1.807) is 0 Å². The van der Waals surface area contributed by atoms with Crippen LogP contribution in [0.25, 0.3) is 22.3 Å². The molecule has 14 heteroatoms. The second kappa shape index (κ2) is 15.7. The van der Waals surface area contributed by atoms with Gasteiger partial charge in [-0.05, 0) is 72.7 Å². The van der Waals surface area contributed by atoms with Gasteiger partial charge in [0.1, 0.15) is 11.5 Å². The van der Waals surface area contributed by atoms with Gasteiger partial charge in [0.15, 0.2) is 40.7 Å². The van der Waals surface area contributed by atoms with Crippen LogP contribution >= 0.6 is 12.6 Å². The van der Waals surface area contributed by atoms with Crippen molar-refractivity contribution in [2.24, 2.45) is 0 Å². The van der Waals surface area contributed by atoms with Gasteiger partial charge in [0.25, 0.3) is 0 Å². The minimum absolute atomic E-state index is 0.138. The number of rotatable bonds is 7. The Morgan fingerprint density at radius 3 is 1.54 bits per heavy atom. The molecular weight excluding hydrogens is 679 g/mol. The van der Waals surface area contributed by atoms with E-state index in [-0.39, 0.29) is 12.6 Å². The highest BCUT2D eigenvalue weighted by Gasteiger charge is 2.32. The molecule has 0 bridgehead atoms. The van der Waals surface area contributed by atoms with Gasteiger partial charge in [-0.25, -0.2) is 22.0 Å². The predicted molar refractivity (Wildman–Crippen MR) is 169 cm³/mol. The van der Waals surface area contributed by atoms with E-state index in [0.29, 0.717) is 0 Å². The lowest BCUT2D eigenvalue weighted by atomic mass is 9.94. The zero-order chi connectivity index (χ0) is 34.4. The summed E-state index contributed by atoms with van der Waals surface area (Å²) in [5.41, 5.74) is 4.45. The van der Waals surface area contributed by atoms with Gasteiger partial charge in [-0.2, -0.15) is 8.42 Å². The molecule has 7 nitrogen and oxygen atoms in total. The van der Waals surface area contributed by atoms with Crippen LogP contribution in [0.2, 0.25) is 0 Å². The Morgan fingerprint density at radius 2 is 1.10 bits per heavy atom. The smallest absolute Gasteiger partial charge is 0.300 e. The highest BCUT2D eigenvalue weighted by atomic mass is 32.2. The van der Waals surface area contributed by atoms with Crippen LogP contribution in [0.5, 0.6) is 11.5 Å². The molecule has 2 saturated heterocycles. The molecule has 0 radical (unpaired) electrons. The van der Waals surface area contributed by atoms with Crippen molar-refractivity contribution in [2.45, 2.75) is 60.9 Å². The standard InChI is InChI=1S/C28H30O4S.C6HF5O3S/c33-25-7-5-6-24(20-10-14-22(15-11-20)31-26-8-1-3-18-29-26)28(25)21-12-16-23(17-13-21)32-27-9-2-4-19-30-27;7-1-2(8)4(10)6(15(12,13)14)5(11)3(1)9/h5-7,10-17,26-27,33H,1-4,8-9,18-19H2;(H,12,13,14). The van der Waals surface area contributed by atoms with Crippen molar-refractivity contribution in [2.75, 3.05) is 13.2 Å². The molecule has 2 heterocycles. The van der Waals surface area contributed by atoms with Crippen molar-refractivity contribution in [3.05, 3.63) is 95.8 Å². The van der Waals surface area contributed by atoms with Crippen LogP contribution in [0.15, 0.2) is 76.5 Å². The highest BCUT2D eigenvalue weighted by molar-refractivity contribution is 7.85. The number of halogens is 5. The fourth-order valence-electron chi connectivity index (χ4n) is 5.22. The molecule has 0 aromatic heterocycles. The van der Waals surface area contributed by atoms with Gasteiger partial charge in [-0.1, -0.05) is 36.4 Å². The summed E-state index contributed by atoms with van der Waals surface area (Å²) >= 11 is 4.78. The second-order valence-electron chi connectivity index (χ2n) is 11.0. The molecule has 2 aliphatic heterocycles. The highest BCUT2D eigenvalue weighted by Crippen LogP contribution is 2.38. The molecule has 6 rings (SSSR count). The predicted octanol–water partition coefficient (Wildman–Crippen LogP) is 8.75. The first kappa shape index (κ1) is 35.6. The molecule has 48 heavy (non-hydrogen) atoms. The van der Waals surface area contributed by atoms with E-state index in [1.165, 1.54) is 0 Å². The quantitative estimate of drug-likeness (QED) is 0.0652. The average Bonchev–Trinajstić information content (AvgIpc) is 3.08. The van der Waals surface area contributed by atoms with Gasteiger partial charge < -0.3 is 18.9 Å². The maximum absolute atomic E-state index is 12.6. The summed E-state index contributed by atoms with van der Waals surface area (Å²) in [4.78, 5) is -1.33. The first-order valence-corrected chi connectivity index (χ1v) is 16.9. The third-order valence-corrected chi connectivity index (χ3v) is 8.84. The molecule has 2 unspecified atom stereocenters. The Bertz CT molecular complexity index is 1800. The normalized spacial score (nSPS) is 18.1. The molecule has 4 aromatic rings. The second-order valence-corrected chi connectivity index (χ2v) is 12.8. The summed E-state index contributed by atoms with van der Waals surface area (Å²) in [5.74, 6) is -10.9. The number of ether oxygens (including phenoxy) is 4. The summed E-state index contributed by atoms with van der Waals surface area (Å²) in [5, 5.41) is 0. The van der Waals surface area contributed by atoms with E-state index < -0.39 is 44.1 Å². The first-order chi connectivity index (χ1) is 22.9. The Hall–Kier alpha value is -3.69. The van der Waals surface area contributed by atoms with Crippen molar-refractivity contribution in [3.63, 3.8) is 0 Å². The molecule has 2 atom stereocenters. The van der Waals surface area contributed by atoms with Crippen molar-refractivity contribution in [1.29, 1.82) is 0 Å². The lowest BCUT2D eigenvalue weighted by molar-refractivity contribution is -0.106. The van der Waals surface area contributed by atoms with Crippen LogP contribution in [0.4, 0.5) is 22.0 Å². The summed E-state index contributed by atoms with van der Waals surface area (Å²) in [6.45, 7) is 1.55. The molecule has 4 aromatic carbocycles. The Kier molecular flexibility index (Phi) is 11.6. The third-order valence-electron chi connectivity index (χ3n) is 7.59. The molecule has 256 valence electrons. The van der Waals surface area contributed by atoms with E-state index in [1.807, 2.05) is 36.4 Å².